The van der Waals surface area contributed by atoms with E-state index in [2.05, 4.69) is 48.7 Å². The minimum atomic E-state index is -1.78. The molecule has 2 aliphatic rings. The number of aryl methyl sites for hydroxylation is 1. The highest BCUT2D eigenvalue weighted by Crippen LogP contribution is 2.56. The molecule has 4 aromatic rings. The maximum absolute atomic E-state index is 13.7. The smallest absolute Gasteiger partial charge is 0.351 e. The summed E-state index contributed by atoms with van der Waals surface area (Å²) in [6, 6.07) is 27.6. The Bertz CT molecular complexity index is 2050. The molecule has 2 aliphatic heterocycles. The number of nitrogens with one attached hydrogen (secondary N) is 1. The van der Waals surface area contributed by atoms with Gasteiger partial charge < -0.3 is 38.0 Å². The molecule has 3 heterocycles. The first kappa shape index (κ1) is 42.9. The Balaban J connectivity index is 1.49. The lowest BCUT2D eigenvalue weighted by Crippen LogP contribution is -2.49. The van der Waals surface area contributed by atoms with Crippen LogP contribution in [0.15, 0.2) is 89.9 Å². The van der Waals surface area contributed by atoms with Crippen LogP contribution in [-0.4, -0.2) is 84.1 Å². The van der Waals surface area contributed by atoms with E-state index in [1.54, 1.807) is 27.3 Å². The third-order valence-electron chi connectivity index (χ3n) is 10.2. The maximum atomic E-state index is 13.7. The van der Waals surface area contributed by atoms with E-state index in [1.807, 2.05) is 78.9 Å². The van der Waals surface area contributed by atoms with E-state index >= 15 is 0 Å². The molecule has 0 aliphatic carbocycles. The Kier molecular flexibility index (Phi) is 13.7. The lowest BCUT2D eigenvalue weighted by Gasteiger charge is -2.41. The van der Waals surface area contributed by atoms with Crippen molar-refractivity contribution in [2.75, 3.05) is 39.4 Å². The van der Waals surface area contributed by atoms with Crippen LogP contribution in [0.4, 0.5) is 5.82 Å². The molecule has 1 amide bonds. The van der Waals surface area contributed by atoms with Gasteiger partial charge in [-0.05, 0) is 75.6 Å². The van der Waals surface area contributed by atoms with Gasteiger partial charge in [-0.3, -0.25) is 9.36 Å². The maximum Gasteiger partial charge on any atom is 0.351 e. The van der Waals surface area contributed by atoms with Gasteiger partial charge in [0.15, 0.2) is 6.23 Å². The number of aromatic nitrogens is 2. The second kappa shape index (κ2) is 18.5. The van der Waals surface area contributed by atoms with Crippen LogP contribution in [0.2, 0.25) is 0 Å². The fourth-order valence-corrected chi connectivity index (χ4v) is 9.43. The third-order valence-corrected chi connectivity index (χ3v) is 12.4. The summed E-state index contributed by atoms with van der Waals surface area (Å²) in [6.45, 7) is 11.5. The van der Waals surface area contributed by atoms with E-state index < -0.39 is 43.9 Å². The van der Waals surface area contributed by atoms with E-state index in [9.17, 15) is 14.9 Å². The van der Waals surface area contributed by atoms with Crippen molar-refractivity contribution in [2.24, 2.45) is 0 Å². The molecule has 2 bridgehead atoms. The molecule has 1 unspecified atom stereocenters. The number of rotatable bonds is 18. The van der Waals surface area contributed by atoms with Gasteiger partial charge in [-0.1, -0.05) is 54.6 Å². The Morgan fingerprint density at radius 3 is 2.12 bits per heavy atom. The Morgan fingerprint density at radius 2 is 1.59 bits per heavy atom. The lowest BCUT2D eigenvalue weighted by atomic mass is 9.79. The molecular weight excluding hydrogens is 761 g/mol. The highest BCUT2D eigenvalue weighted by atomic mass is 31.2. The molecular formula is C43H52N5O9P. The molecule has 14 nitrogen and oxygen atoms in total. The number of nitrogens with zero attached hydrogens (tertiary/aromatic N) is 4. The van der Waals surface area contributed by atoms with Gasteiger partial charge in [-0.2, -0.15) is 10.2 Å². The van der Waals surface area contributed by atoms with Crippen LogP contribution in [-0.2, 0) is 33.7 Å². The summed E-state index contributed by atoms with van der Waals surface area (Å²) < 4.78 is 49.0. The monoisotopic (exact) mass is 813 g/mol. The highest BCUT2D eigenvalue weighted by Gasteiger charge is 2.65. The first-order valence-electron chi connectivity index (χ1n) is 19.3. The fraction of sp³-hybridized carbons (Fsp3) is 0.442. The van der Waals surface area contributed by atoms with Crippen LogP contribution >= 0.6 is 8.53 Å². The third kappa shape index (κ3) is 8.67. The number of carbonyl (C=O) groups excluding carboxylic acids is 1. The number of fused-ring (bicyclic) bond motifs is 2. The van der Waals surface area contributed by atoms with Gasteiger partial charge >= 0.3 is 5.69 Å². The molecule has 1 N–H and O–H groups in total. The van der Waals surface area contributed by atoms with Crippen LogP contribution < -0.4 is 20.5 Å². The van der Waals surface area contributed by atoms with Crippen LogP contribution in [0.3, 0.4) is 0 Å². The zero-order valence-corrected chi connectivity index (χ0v) is 35.1. The lowest BCUT2D eigenvalue weighted by molar-refractivity contribution is -0.203. The molecule has 58 heavy (non-hydrogen) atoms. The molecule has 3 aromatic carbocycles. The number of ether oxygens (including phenoxy) is 5. The Labute approximate surface area is 340 Å². The van der Waals surface area contributed by atoms with Crippen LogP contribution in [0.25, 0.3) is 0 Å². The summed E-state index contributed by atoms with van der Waals surface area (Å²) in [4.78, 5) is 29.8. The number of carbonyl (C=O) groups is 1. The summed E-state index contributed by atoms with van der Waals surface area (Å²) in [7, 11) is 1.46. The number of methoxy groups -OCH3 is 2. The molecule has 0 saturated carbocycles. The summed E-state index contributed by atoms with van der Waals surface area (Å²) in [5.41, 5.74) is -0.0815. The zero-order chi connectivity index (χ0) is 41.6. The van der Waals surface area contributed by atoms with E-state index in [0.717, 1.165) is 16.7 Å². The normalized spacial score (nSPS) is 20.7. The average molecular weight is 814 g/mol. The molecule has 2 fully saturated rings. The molecule has 5 atom stereocenters. The first-order chi connectivity index (χ1) is 27.9. The van der Waals surface area contributed by atoms with Gasteiger partial charge in [0.2, 0.25) is 5.91 Å². The van der Waals surface area contributed by atoms with Gasteiger partial charge in [0.1, 0.15) is 40.7 Å². The summed E-state index contributed by atoms with van der Waals surface area (Å²) in [5.74, 6) is 1.18. The van der Waals surface area contributed by atoms with Crippen LogP contribution in [0, 0.1) is 18.3 Å². The quantitative estimate of drug-likeness (QED) is 0.0634. The second-order valence-electron chi connectivity index (χ2n) is 14.9. The first-order valence-corrected chi connectivity index (χ1v) is 20.4. The minimum Gasteiger partial charge on any atom is -0.497 e. The van der Waals surface area contributed by atoms with Crippen molar-refractivity contribution in [3.8, 4) is 17.6 Å². The SMILES string of the molecule is COc1ccc(C(OC[C@@]23CO[C@@H]([C@H](n4cc(C)c(NC(C)=O)nc4=O)O2)[C@@H]3OP(OCCC#N)N(C(C)C)C(C)C)(c2ccccc2)c2ccc(OC)cc2)cc1. The predicted molar refractivity (Wildman–Crippen MR) is 218 cm³/mol. The Hall–Kier alpha value is -4.71. The molecule has 2 saturated heterocycles. The van der Waals surface area contributed by atoms with E-state index in [1.165, 1.54) is 11.5 Å². The number of anilines is 1. The van der Waals surface area contributed by atoms with Crippen LogP contribution in [0.1, 0.15) is 69.5 Å². The van der Waals surface area contributed by atoms with Gasteiger partial charge in [-0.25, -0.2) is 9.46 Å². The minimum absolute atomic E-state index is 0.0174. The standard InChI is InChI=1S/C43H52N5O9P/c1-28(2)48(29(3)4)58(55-24-12-23-44)57-38-37-40(47-25-30(5)39(45-31(6)49)46-41(47)50)56-42(38,26-53-37)27-54-43(32-13-10-9-11-14-32,33-15-19-35(51-7)20-16-33)34-17-21-36(52-8)22-18-34/h9-11,13-22,25,28-29,37-38,40H,12,24,26-27H2,1-8H3,(H,45,46,49,50)/t37-,38+,40-,42-,58?/m1/s1. The van der Waals surface area contributed by atoms with Crippen molar-refractivity contribution in [3.05, 3.63) is 118 Å². The van der Waals surface area contributed by atoms with Crippen molar-refractivity contribution in [1.29, 1.82) is 5.26 Å². The Morgan fingerprint density at radius 1 is 1.00 bits per heavy atom. The van der Waals surface area contributed by atoms with Gasteiger partial charge in [0, 0.05) is 30.8 Å². The average Bonchev–Trinajstić information content (AvgIpc) is 3.70. The molecule has 0 radical (unpaired) electrons. The number of benzene rings is 3. The number of hydrogen-bond donors (Lipinski definition) is 1. The largest absolute Gasteiger partial charge is 0.497 e. The molecule has 6 rings (SSSR count). The molecule has 308 valence electrons. The predicted octanol–water partition coefficient (Wildman–Crippen LogP) is 6.86. The summed E-state index contributed by atoms with van der Waals surface area (Å²) >= 11 is 0. The van der Waals surface area contributed by atoms with E-state index in [4.69, 9.17) is 32.7 Å². The van der Waals surface area contributed by atoms with E-state index in [0.29, 0.717) is 17.1 Å². The zero-order valence-electron chi connectivity index (χ0n) is 34.2. The molecule has 0 spiro atoms. The van der Waals surface area contributed by atoms with Crippen molar-refractivity contribution in [3.63, 3.8) is 0 Å². The number of amides is 1. The fourth-order valence-electron chi connectivity index (χ4n) is 7.61. The van der Waals surface area contributed by atoms with Gasteiger partial charge in [0.05, 0.1) is 46.5 Å². The number of nitriles is 1. The molecule has 15 heteroatoms. The summed E-state index contributed by atoms with van der Waals surface area (Å²) in [6.07, 6.45) is -0.816. The number of hydrogen-bond acceptors (Lipinski definition) is 12. The van der Waals surface area contributed by atoms with Crippen molar-refractivity contribution in [2.45, 2.75) is 89.7 Å². The highest BCUT2D eigenvalue weighted by molar-refractivity contribution is 7.44. The van der Waals surface area contributed by atoms with Crippen molar-refractivity contribution < 1.29 is 37.5 Å². The summed E-state index contributed by atoms with van der Waals surface area (Å²) in [5, 5.41) is 12.0. The molecule has 1 aromatic heterocycles. The van der Waals surface area contributed by atoms with E-state index in [-0.39, 0.29) is 50.1 Å². The second-order valence-corrected chi connectivity index (χ2v) is 16.3. The van der Waals surface area contributed by atoms with Gasteiger partial charge in [-0.15, -0.1) is 0 Å². The van der Waals surface area contributed by atoms with Crippen molar-refractivity contribution >= 4 is 20.3 Å². The van der Waals surface area contributed by atoms with Gasteiger partial charge in [0.25, 0.3) is 8.53 Å². The topological polar surface area (TPSA) is 156 Å². The van der Waals surface area contributed by atoms with Crippen LogP contribution in [0.5, 0.6) is 11.5 Å². The van der Waals surface area contributed by atoms with Crippen molar-refractivity contribution in [1.82, 2.24) is 14.2 Å².